The third-order valence-electron chi connectivity index (χ3n) is 3.38. The Kier molecular flexibility index (Phi) is 7.15. The maximum atomic E-state index is 3.51. The molecule has 0 radical (unpaired) electrons. The normalized spacial score (nSPS) is 19.3. The quantitative estimate of drug-likeness (QED) is 0.653. The van der Waals surface area contributed by atoms with E-state index in [1.54, 1.807) is 0 Å². The van der Waals surface area contributed by atoms with Crippen LogP contribution in [0.3, 0.4) is 0 Å². The average Bonchev–Trinajstić information content (AvgIpc) is 2.29. The average molecular weight is 256 g/mol. The molecule has 0 aromatic carbocycles. The zero-order valence-corrected chi connectivity index (χ0v) is 12.8. The minimum absolute atomic E-state index is 0.238. The molecule has 1 rings (SSSR count). The van der Waals surface area contributed by atoms with Crippen LogP contribution in [0.4, 0.5) is 0 Å². The molecule has 4 heteroatoms. The Bertz CT molecular complexity index is 204. The molecule has 1 aliphatic rings. The molecular weight excluding hydrogens is 224 g/mol. The van der Waals surface area contributed by atoms with Crippen LogP contribution in [-0.2, 0) is 0 Å². The van der Waals surface area contributed by atoms with Crippen LogP contribution in [0.15, 0.2) is 0 Å². The second-order valence-electron chi connectivity index (χ2n) is 6.43. The molecule has 0 saturated carbocycles. The molecule has 4 nitrogen and oxygen atoms in total. The van der Waals surface area contributed by atoms with Gasteiger partial charge in [-0.3, -0.25) is 0 Å². The first kappa shape index (κ1) is 15.9. The van der Waals surface area contributed by atoms with Crippen molar-refractivity contribution in [1.82, 2.24) is 20.4 Å². The summed E-state index contributed by atoms with van der Waals surface area (Å²) in [5.41, 5.74) is 0.238. The first-order valence-corrected chi connectivity index (χ1v) is 7.34. The van der Waals surface area contributed by atoms with Gasteiger partial charge in [0.2, 0.25) is 0 Å². The van der Waals surface area contributed by atoms with E-state index in [0.717, 1.165) is 19.6 Å². The second kappa shape index (κ2) is 8.10. The van der Waals surface area contributed by atoms with Crippen molar-refractivity contribution in [3.8, 4) is 0 Å². The topological polar surface area (TPSA) is 30.5 Å². The summed E-state index contributed by atoms with van der Waals surface area (Å²) in [5, 5.41) is 7.00. The van der Waals surface area contributed by atoms with Gasteiger partial charge in [-0.1, -0.05) is 0 Å². The lowest BCUT2D eigenvalue weighted by Gasteiger charge is -2.32. The van der Waals surface area contributed by atoms with E-state index in [0.29, 0.717) is 0 Å². The highest BCUT2D eigenvalue weighted by Crippen LogP contribution is 1.99. The van der Waals surface area contributed by atoms with Gasteiger partial charge in [0.1, 0.15) is 0 Å². The first-order chi connectivity index (χ1) is 8.47. The number of nitrogens with one attached hydrogen (secondary N) is 2. The number of likely N-dealkylation sites (N-methyl/N-ethyl adjacent to an activating group) is 1. The van der Waals surface area contributed by atoms with Crippen LogP contribution >= 0.6 is 0 Å². The highest BCUT2D eigenvalue weighted by molar-refractivity contribution is 4.71. The summed E-state index contributed by atoms with van der Waals surface area (Å²) >= 11 is 0. The van der Waals surface area contributed by atoms with E-state index in [2.05, 4.69) is 48.3 Å². The van der Waals surface area contributed by atoms with Crippen molar-refractivity contribution in [2.75, 3.05) is 59.4 Å². The lowest BCUT2D eigenvalue weighted by atomic mass is 10.1. The third kappa shape index (κ3) is 8.03. The van der Waals surface area contributed by atoms with Crippen molar-refractivity contribution in [3.05, 3.63) is 0 Å². The minimum Gasteiger partial charge on any atom is -0.315 e. The molecule has 0 atom stereocenters. The van der Waals surface area contributed by atoms with Crippen LogP contribution < -0.4 is 10.6 Å². The summed E-state index contributed by atoms with van der Waals surface area (Å²) in [4.78, 5) is 4.99. The van der Waals surface area contributed by atoms with E-state index in [-0.39, 0.29) is 5.54 Å². The van der Waals surface area contributed by atoms with E-state index in [1.165, 1.54) is 39.1 Å². The molecule has 1 saturated heterocycles. The number of rotatable bonds is 7. The predicted molar refractivity (Wildman–Crippen MR) is 79.2 cm³/mol. The van der Waals surface area contributed by atoms with Crippen LogP contribution in [0.2, 0.25) is 0 Å². The molecule has 0 amide bonds. The first-order valence-electron chi connectivity index (χ1n) is 7.34. The molecule has 0 aromatic rings. The lowest BCUT2D eigenvalue weighted by Crippen LogP contribution is -2.45. The van der Waals surface area contributed by atoms with Gasteiger partial charge in [-0.2, -0.15) is 0 Å². The Hall–Kier alpha value is -0.160. The van der Waals surface area contributed by atoms with Gasteiger partial charge in [-0.25, -0.2) is 0 Å². The standard InChI is InChI=1S/C14H32N4/c1-14(2,3)16-8-7-15-6-5-9-18-12-10-17(4)11-13-18/h15-16H,5-13H2,1-4H3. The zero-order valence-electron chi connectivity index (χ0n) is 12.8. The molecule has 1 heterocycles. The Labute approximate surface area is 113 Å². The molecule has 0 unspecified atom stereocenters. The molecule has 18 heavy (non-hydrogen) atoms. The fourth-order valence-corrected chi connectivity index (χ4v) is 2.15. The van der Waals surface area contributed by atoms with E-state index < -0.39 is 0 Å². The van der Waals surface area contributed by atoms with E-state index in [1.807, 2.05) is 0 Å². The summed E-state index contributed by atoms with van der Waals surface area (Å²) in [6.07, 6.45) is 1.26. The minimum atomic E-state index is 0.238. The van der Waals surface area contributed by atoms with Crippen molar-refractivity contribution in [3.63, 3.8) is 0 Å². The Morgan fingerprint density at radius 1 is 0.944 bits per heavy atom. The fourth-order valence-electron chi connectivity index (χ4n) is 2.15. The molecule has 2 N–H and O–H groups in total. The van der Waals surface area contributed by atoms with Crippen LogP contribution in [0.1, 0.15) is 27.2 Å². The maximum Gasteiger partial charge on any atom is 0.0110 e. The second-order valence-corrected chi connectivity index (χ2v) is 6.43. The lowest BCUT2D eigenvalue weighted by molar-refractivity contribution is 0.153. The number of piperazine rings is 1. The molecule has 1 aliphatic heterocycles. The SMILES string of the molecule is CN1CCN(CCCNCCNC(C)(C)C)CC1. The Balaban J connectivity index is 1.87. The van der Waals surface area contributed by atoms with E-state index in [9.17, 15) is 0 Å². The van der Waals surface area contributed by atoms with E-state index in [4.69, 9.17) is 0 Å². The monoisotopic (exact) mass is 256 g/mol. The van der Waals surface area contributed by atoms with Crippen molar-refractivity contribution in [2.24, 2.45) is 0 Å². The van der Waals surface area contributed by atoms with Gasteiger partial charge in [0.25, 0.3) is 0 Å². The van der Waals surface area contributed by atoms with Crippen LogP contribution in [-0.4, -0.2) is 74.7 Å². The van der Waals surface area contributed by atoms with Gasteiger partial charge in [0.15, 0.2) is 0 Å². The number of hydrogen-bond donors (Lipinski definition) is 2. The van der Waals surface area contributed by atoms with Crippen molar-refractivity contribution < 1.29 is 0 Å². The molecule has 108 valence electrons. The van der Waals surface area contributed by atoms with Gasteiger partial charge in [-0.05, 0) is 47.3 Å². The highest BCUT2D eigenvalue weighted by atomic mass is 15.2. The summed E-state index contributed by atoms with van der Waals surface area (Å²) < 4.78 is 0. The van der Waals surface area contributed by atoms with Crippen molar-refractivity contribution in [1.29, 1.82) is 0 Å². The Morgan fingerprint density at radius 3 is 2.22 bits per heavy atom. The van der Waals surface area contributed by atoms with Gasteiger partial charge >= 0.3 is 0 Å². The fraction of sp³-hybridized carbons (Fsp3) is 1.00. The summed E-state index contributed by atoms with van der Waals surface area (Å²) in [6.45, 7) is 16.1. The molecule has 0 aromatic heterocycles. The smallest absolute Gasteiger partial charge is 0.0110 e. The molecular formula is C14H32N4. The maximum absolute atomic E-state index is 3.51. The number of nitrogens with zero attached hydrogens (tertiary/aromatic N) is 2. The third-order valence-corrected chi connectivity index (χ3v) is 3.38. The number of hydrogen-bond acceptors (Lipinski definition) is 4. The summed E-state index contributed by atoms with van der Waals surface area (Å²) in [6, 6.07) is 0. The Morgan fingerprint density at radius 2 is 1.61 bits per heavy atom. The van der Waals surface area contributed by atoms with Crippen LogP contribution in [0.5, 0.6) is 0 Å². The largest absolute Gasteiger partial charge is 0.315 e. The van der Waals surface area contributed by atoms with E-state index >= 15 is 0 Å². The molecule has 0 bridgehead atoms. The predicted octanol–water partition coefficient (Wildman–Crippen LogP) is 0.602. The molecule has 0 aliphatic carbocycles. The summed E-state index contributed by atoms with van der Waals surface area (Å²) in [7, 11) is 2.21. The zero-order chi connectivity index (χ0) is 13.4. The van der Waals surface area contributed by atoms with Crippen molar-refractivity contribution >= 4 is 0 Å². The van der Waals surface area contributed by atoms with Gasteiger partial charge in [-0.15, -0.1) is 0 Å². The molecule has 1 fully saturated rings. The van der Waals surface area contributed by atoms with Gasteiger partial charge < -0.3 is 20.4 Å². The highest BCUT2D eigenvalue weighted by Gasteiger charge is 2.12. The van der Waals surface area contributed by atoms with Crippen LogP contribution in [0.25, 0.3) is 0 Å². The van der Waals surface area contributed by atoms with Crippen molar-refractivity contribution in [2.45, 2.75) is 32.7 Å². The molecule has 0 spiro atoms. The summed E-state index contributed by atoms with van der Waals surface area (Å²) in [5.74, 6) is 0. The van der Waals surface area contributed by atoms with Gasteiger partial charge in [0.05, 0.1) is 0 Å². The van der Waals surface area contributed by atoms with Gasteiger partial charge in [0, 0.05) is 44.8 Å². The van der Waals surface area contributed by atoms with Crippen LogP contribution in [0, 0.1) is 0 Å².